The summed E-state index contributed by atoms with van der Waals surface area (Å²) in [5.74, 6) is -0.0275. The van der Waals surface area contributed by atoms with E-state index in [1.807, 2.05) is 6.07 Å². The molecule has 1 aromatic carbocycles. The summed E-state index contributed by atoms with van der Waals surface area (Å²) in [6.07, 6.45) is 1.91. The van der Waals surface area contributed by atoms with Gasteiger partial charge in [0.1, 0.15) is 0 Å². The number of nitrogens with zero attached hydrogens (tertiary/aromatic N) is 1. The van der Waals surface area contributed by atoms with Crippen molar-refractivity contribution in [2.75, 3.05) is 22.4 Å². The predicted molar refractivity (Wildman–Crippen MR) is 66.6 cm³/mol. The van der Waals surface area contributed by atoms with Gasteiger partial charge in [0.05, 0.1) is 11.9 Å². The molecule has 0 unspecified atom stereocenters. The lowest BCUT2D eigenvalue weighted by Gasteiger charge is -2.15. The van der Waals surface area contributed by atoms with E-state index in [4.69, 9.17) is 0 Å². The van der Waals surface area contributed by atoms with Crippen LogP contribution in [-0.2, 0) is 21.2 Å². The molecule has 2 rings (SSSR count). The van der Waals surface area contributed by atoms with Crippen molar-refractivity contribution < 1.29 is 13.2 Å². The molecular weight excluding hydrogens is 240 g/mol. The minimum Gasteiger partial charge on any atom is -0.312 e. The third-order valence-electron chi connectivity index (χ3n) is 2.66. The zero-order valence-corrected chi connectivity index (χ0v) is 10.5. The summed E-state index contributed by atoms with van der Waals surface area (Å²) in [5.41, 5.74) is 2.35. The molecule has 0 saturated heterocycles. The van der Waals surface area contributed by atoms with Crippen LogP contribution in [0.4, 0.5) is 11.4 Å². The molecule has 0 saturated carbocycles. The zero-order valence-electron chi connectivity index (χ0n) is 9.73. The Morgan fingerprint density at radius 1 is 1.41 bits per heavy atom. The van der Waals surface area contributed by atoms with Gasteiger partial charge in [-0.15, -0.1) is 0 Å². The molecule has 1 heterocycles. The maximum atomic E-state index is 11.4. The molecule has 1 aliphatic rings. The van der Waals surface area contributed by atoms with E-state index in [1.165, 1.54) is 6.92 Å². The minimum absolute atomic E-state index is 0.0275. The second kappa shape index (κ2) is 4.03. The molecule has 5 nitrogen and oxygen atoms in total. The van der Waals surface area contributed by atoms with Crippen molar-refractivity contribution in [3.05, 3.63) is 23.8 Å². The normalized spacial score (nSPS) is 14.6. The Kier molecular flexibility index (Phi) is 2.82. The molecule has 0 fully saturated rings. The Bertz CT molecular complexity index is 566. The van der Waals surface area contributed by atoms with E-state index >= 15 is 0 Å². The van der Waals surface area contributed by atoms with E-state index in [9.17, 15) is 13.2 Å². The van der Waals surface area contributed by atoms with Gasteiger partial charge < -0.3 is 4.90 Å². The third-order valence-corrected chi connectivity index (χ3v) is 3.27. The molecule has 0 bridgehead atoms. The van der Waals surface area contributed by atoms with Gasteiger partial charge in [-0.2, -0.15) is 0 Å². The smallest absolute Gasteiger partial charge is 0.229 e. The van der Waals surface area contributed by atoms with Gasteiger partial charge in [0.25, 0.3) is 0 Å². The summed E-state index contributed by atoms with van der Waals surface area (Å²) in [7, 11) is -3.29. The predicted octanol–water partition coefficient (Wildman–Crippen LogP) is 0.967. The fourth-order valence-electron chi connectivity index (χ4n) is 1.98. The van der Waals surface area contributed by atoms with Crippen molar-refractivity contribution in [3.8, 4) is 0 Å². The summed E-state index contributed by atoms with van der Waals surface area (Å²) in [6.45, 7) is 2.17. The highest BCUT2D eigenvalue weighted by atomic mass is 32.2. The van der Waals surface area contributed by atoms with E-state index < -0.39 is 10.0 Å². The second-order valence-corrected chi connectivity index (χ2v) is 5.89. The molecule has 0 radical (unpaired) electrons. The topological polar surface area (TPSA) is 66.5 Å². The highest BCUT2D eigenvalue weighted by molar-refractivity contribution is 7.92. The summed E-state index contributed by atoms with van der Waals surface area (Å²) < 4.78 is 24.7. The van der Waals surface area contributed by atoms with Crippen LogP contribution >= 0.6 is 0 Å². The van der Waals surface area contributed by atoms with Crippen molar-refractivity contribution in [2.45, 2.75) is 13.3 Å². The maximum absolute atomic E-state index is 11.4. The average Bonchev–Trinajstić information content (AvgIpc) is 2.57. The summed E-state index contributed by atoms with van der Waals surface area (Å²) >= 11 is 0. The van der Waals surface area contributed by atoms with Crippen molar-refractivity contribution in [3.63, 3.8) is 0 Å². The Morgan fingerprint density at radius 2 is 2.12 bits per heavy atom. The first-order valence-corrected chi connectivity index (χ1v) is 7.15. The monoisotopic (exact) mass is 254 g/mol. The molecule has 17 heavy (non-hydrogen) atoms. The highest BCUT2D eigenvalue weighted by Crippen LogP contribution is 2.31. The van der Waals surface area contributed by atoms with Crippen LogP contribution in [0.1, 0.15) is 12.5 Å². The van der Waals surface area contributed by atoms with Gasteiger partial charge in [0, 0.05) is 19.2 Å². The van der Waals surface area contributed by atoms with E-state index in [1.54, 1.807) is 17.0 Å². The standard InChI is InChI=1S/C11H14N2O3S/c1-8(14)13-6-5-9-3-4-10(7-11(9)13)12-17(2,15)16/h3-4,7,12H,5-6H2,1-2H3. The van der Waals surface area contributed by atoms with Crippen molar-refractivity contribution in [1.29, 1.82) is 0 Å². The Balaban J connectivity index is 2.36. The maximum Gasteiger partial charge on any atom is 0.229 e. The first-order valence-electron chi connectivity index (χ1n) is 5.25. The van der Waals surface area contributed by atoms with Crippen molar-refractivity contribution in [1.82, 2.24) is 0 Å². The Morgan fingerprint density at radius 3 is 2.71 bits per heavy atom. The fraction of sp³-hybridized carbons (Fsp3) is 0.364. The second-order valence-electron chi connectivity index (χ2n) is 4.14. The molecule has 0 atom stereocenters. The lowest BCUT2D eigenvalue weighted by Crippen LogP contribution is -2.25. The molecule has 1 amide bonds. The molecular formula is C11H14N2O3S. The number of sulfonamides is 1. The number of nitrogens with one attached hydrogen (secondary N) is 1. The van der Waals surface area contributed by atoms with Crippen LogP contribution in [0.5, 0.6) is 0 Å². The average molecular weight is 254 g/mol. The van der Waals surface area contributed by atoms with Gasteiger partial charge in [0.2, 0.25) is 15.9 Å². The van der Waals surface area contributed by atoms with Crippen LogP contribution in [0, 0.1) is 0 Å². The van der Waals surface area contributed by atoms with Gasteiger partial charge in [0.15, 0.2) is 0 Å². The highest BCUT2D eigenvalue weighted by Gasteiger charge is 2.22. The summed E-state index contributed by atoms with van der Waals surface area (Å²) in [5, 5.41) is 0. The third kappa shape index (κ3) is 2.58. The van der Waals surface area contributed by atoms with Crippen LogP contribution in [0.2, 0.25) is 0 Å². The van der Waals surface area contributed by atoms with Crippen LogP contribution < -0.4 is 9.62 Å². The molecule has 1 aliphatic heterocycles. The van der Waals surface area contributed by atoms with Crippen molar-refractivity contribution >= 4 is 27.3 Å². The number of hydrogen-bond acceptors (Lipinski definition) is 3. The van der Waals surface area contributed by atoms with Gasteiger partial charge in [-0.05, 0) is 24.1 Å². The van der Waals surface area contributed by atoms with Crippen LogP contribution in [0.15, 0.2) is 18.2 Å². The number of carbonyl (C=O) groups excluding carboxylic acids is 1. The van der Waals surface area contributed by atoms with Gasteiger partial charge in [-0.25, -0.2) is 8.42 Å². The molecule has 0 aliphatic carbocycles. The fourth-order valence-corrected chi connectivity index (χ4v) is 2.54. The summed E-state index contributed by atoms with van der Waals surface area (Å²) in [4.78, 5) is 13.0. The number of benzene rings is 1. The number of fused-ring (bicyclic) bond motifs is 1. The Labute approximate surface area is 100 Å². The first kappa shape index (κ1) is 11.9. The van der Waals surface area contributed by atoms with Gasteiger partial charge >= 0.3 is 0 Å². The number of carbonyl (C=O) groups is 1. The number of hydrogen-bond donors (Lipinski definition) is 1. The number of amides is 1. The van der Waals surface area contributed by atoms with Crippen molar-refractivity contribution in [2.24, 2.45) is 0 Å². The summed E-state index contributed by atoms with van der Waals surface area (Å²) in [6, 6.07) is 5.26. The minimum atomic E-state index is -3.29. The number of rotatable bonds is 2. The molecule has 6 heteroatoms. The van der Waals surface area contributed by atoms with Crippen LogP contribution in [0.25, 0.3) is 0 Å². The Hall–Kier alpha value is -1.56. The van der Waals surface area contributed by atoms with Gasteiger partial charge in [-0.3, -0.25) is 9.52 Å². The largest absolute Gasteiger partial charge is 0.312 e. The van der Waals surface area contributed by atoms with Crippen LogP contribution in [0.3, 0.4) is 0 Å². The van der Waals surface area contributed by atoms with E-state index in [2.05, 4.69) is 4.72 Å². The van der Waals surface area contributed by atoms with E-state index in [0.29, 0.717) is 12.2 Å². The molecule has 1 N–H and O–H groups in total. The van der Waals surface area contributed by atoms with Gasteiger partial charge in [-0.1, -0.05) is 6.07 Å². The molecule has 1 aromatic rings. The lowest BCUT2D eigenvalue weighted by molar-refractivity contribution is -0.116. The SMILES string of the molecule is CC(=O)N1CCc2ccc(NS(C)(=O)=O)cc21. The molecule has 0 spiro atoms. The van der Waals surface area contributed by atoms with Crippen LogP contribution in [-0.4, -0.2) is 27.1 Å². The quantitative estimate of drug-likeness (QED) is 0.855. The lowest BCUT2D eigenvalue weighted by atomic mass is 10.1. The van der Waals surface area contributed by atoms with E-state index in [-0.39, 0.29) is 5.91 Å². The zero-order chi connectivity index (χ0) is 12.6. The molecule has 92 valence electrons. The molecule has 0 aromatic heterocycles. The van der Waals surface area contributed by atoms with E-state index in [0.717, 1.165) is 23.9 Å². The number of anilines is 2. The first-order chi connectivity index (χ1) is 7.87.